The van der Waals surface area contributed by atoms with Gasteiger partial charge < -0.3 is 0 Å². The van der Waals surface area contributed by atoms with Gasteiger partial charge in [0.2, 0.25) is 0 Å². The molecule has 1 nitrogen and oxygen atoms in total. The average molecular weight is 163 g/mol. The minimum absolute atomic E-state index is 0.908. The van der Waals surface area contributed by atoms with E-state index in [1.54, 1.807) is 5.57 Å². The summed E-state index contributed by atoms with van der Waals surface area (Å²) in [6, 6.07) is 0. The third kappa shape index (κ3) is 1.77. The topological polar surface area (TPSA) is 12.4 Å². The Labute approximate surface area is 74.6 Å². The molecule has 1 heterocycles. The summed E-state index contributed by atoms with van der Waals surface area (Å²) < 4.78 is 0. The van der Waals surface area contributed by atoms with E-state index >= 15 is 0 Å². The fourth-order valence-electron chi connectivity index (χ4n) is 2.31. The van der Waals surface area contributed by atoms with Crippen molar-refractivity contribution < 1.29 is 0 Å². The predicted octanol–water partition coefficient (Wildman–Crippen LogP) is 2.97. The molecule has 2 aliphatic rings. The molecule has 1 aliphatic heterocycles. The van der Waals surface area contributed by atoms with E-state index < -0.39 is 0 Å². The van der Waals surface area contributed by atoms with Crippen LogP contribution >= 0.6 is 0 Å². The number of nitrogens with zero attached hydrogens (tertiary/aromatic N) is 1. The van der Waals surface area contributed by atoms with E-state index in [4.69, 9.17) is 0 Å². The highest BCUT2D eigenvalue weighted by molar-refractivity contribution is 5.73. The van der Waals surface area contributed by atoms with Crippen molar-refractivity contribution in [3.05, 3.63) is 11.6 Å². The first-order chi connectivity index (χ1) is 5.97. The van der Waals surface area contributed by atoms with E-state index in [9.17, 15) is 0 Å². The molecule has 0 aromatic carbocycles. The summed E-state index contributed by atoms with van der Waals surface area (Å²) in [5, 5.41) is 0. The van der Waals surface area contributed by atoms with Crippen LogP contribution in [0.5, 0.6) is 0 Å². The third-order valence-corrected chi connectivity index (χ3v) is 3.05. The Bertz CT molecular complexity index is 197. The van der Waals surface area contributed by atoms with Gasteiger partial charge in [-0.3, -0.25) is 4.99 Å². The lowest BCUT2D eigenvalue weighted by molar-refractivity contribution is 0.395. The Kier molecular flexibility index (Phi) is 2.60. The van der Waals surface area contributed by atoms with Crippen LogP contribution in [0, 0.1) is 5.92 Å². The summed E-state index contributed by atoms with van der Waals surface area (Å²) in [6.07, 6.45) is 12.7. The van der Waals surface area contributed by atoms with Gasteiger partial charge in [-0.05, 0) is 31.3 Å². The van der Waals surface area contributed by atoms with Crippen molar-refractivity contribution >= 4 is 6.21 Å². The zero-order valence-electron chi connectivity index (χ0n) is 7.63. The zero-order chi connectivity index (χ0) is 8.23. The Morgan fingerprint density at radius 1 is 1.17 bits per heavy atom. The average Bonchev–Trinajstić information content (AvgIpc) is 2.21. The van der Waals surface area contributed by atoms with Crippen LogP contribution in [0.15, 0.2) is 16.6 Å². The smallest absolute Gasteiger partial charge is 0.0426 e. The SMILES string of the molecule is C1=NCCC(C2CCCCC2)=C1. The molecule has 0 saturated heterocycles. The van der Waals surface area contributed by atoms with Crippen LogP contribution in [0.4, 0.5) is 0 Å². The lowest BCUT2D eigenvalue weighted by Gasteiger charge is -2.25. The van der Waals surface area contributed by atoms with E-state index in [0.29, 0.717) is 0 Å². The van der Waals surface area contributed by atoms with E-state index in [1.165, 1.54) is 38.5 Å². The molecule has 2 rings (SSSR count). The van der Waals surface area contributed by atoms with Gasteiger partial charge in [0.15, 0.2) is 0 Å². The summed E-state index contributed by atoms with van der Waals surface area (Å²) in [6.45, 7) is 1.03. The molecule has 12 heavy (non-hydrogen) atoms. The van der Waals surface area contributed by atoms with Crippen molar-refractivity contribution in [2.45, 2.75) is 38.5 Å². The lowest BCUT2D eigenvalue weighted by Crippen LogP contribution is -2.11. The van der Waals surface area contributed by atoms with Gasteiger partial charge in [-0.15, -0.1) is 0 Å². The predicted molar refractivity (Wildman–Crippen MR) is 52.6 cm³/mol. The molecule has 0 aromatic heterocycles. The molecule has 1 fully saturated rings. The van der Waals surface area contributed by atoms with Gasteiger partial charge in [0.25, 0.3) is 0 Å². The monoisotopic (exact) mass is 163 g/mol. The standard InChI is InChI=1S/C11H17N/c1-2-4-10(5-3-1)11-6-8-12-9-7-11/h6,8,10H,1-5,7,9H2. The molecule has 0 spiro atoms. The maximum atomic E-state index is 4.22. The minimum Gasteiger partial charge on any atom is -0.293 e. The van der Waals surface area contributed by atoms with Gasteiger partial charge in [-0.1, -0.05) is 24.8 Å². The highest BCUT2D eigenvalue weighted by Crippen LogP contribution is 2.31. The second-order valence-electron chi connectivity index (χ2n) is 3.88. The second kappa shape index (κ2) is 3.88. The number of hydrogen-bond donors (Lipinski definition) is 0. The maximum absolute atomic E-state index is 4.22. The Hall–Kier alpha value is -0.590. The van der Waals surface area contributed by atoms with Gasteiger partial charge in [-0.25, -0.2) is 0 Å². The minimum atomic E-state index is 0.908. The van der Waals surface area contributed by atoms with Crippen LogP contribution in [-0.4, -0.2) is 12.8 Å². The van der Waals surface area contributed by atoms with Gasteiger partial charge in [0.05, 0.1) is 0 Å². The molecule has 1 saturated carbocycles. The summed E-state index contributed by atoms with van der Waals surface area (Å²) in [4.78, 5) is 4.22. The molecule has 0 radical (unpaired) electrons. The highest BCUT2D eigenvalue weighted by atomic mass is 14.7. The number of rotatable bonds is 1. The number of aliphatic imine (C=N–C) groups is 1. The highest BCUT2D eigenvalue weighted by Gasteiger charge is 2.17. The quantitative estimate of drug-likeness (QED) is 0.563. The van der Waals surface area contributed by atoms with Gasteiger partial charge in [0.1, 0.15) is 0 Å². The van der Waals surface area contributed by atoms with Crippen molar-refractivity contribution in [3.8, 4) is 0 Å². The Morgan fingerprint density at radius 2 is 2.00 bits per heavy atom. The van der Waals surface area contributed by atoms with Gasteiger partial charge >= 0.3 is 0 Å². The molecule has 66 valence electrons. The molecule has 0 unspecified atom stereocenters. The largest absolute Gasteiger partial charge is 0.293 e. The van der Waals surface area contributed by atoms with Gasteiger partial charge in [0, 0.05) is 12.8 Å². The molecule has 1 heteroatoms. The van der Waals surface area contributed by atoms with E-state index in [-0.39, 0.29) is 0 Å². The summed E-state index contributed by atoms with van der Waals surface area (Å²) in [5.41, 5.74) is 1.67. The first kappa shape index (κ1) is 8.03. The van der Waals surface area contributed by atoms with Crippen LogP contribution in [0.3, 0.4) is 0 Å². The zero-order valence-corrected chi connectivity index (χ0v) is 7.63. The number of hydrogen-bond acceptors (Lipinski definition) is 1. The first-order valence-electron chi connectivity index (χ1n) is 5.16. The van der Waals surface area contributed by atoms with Crippen molar-refractivity contribution in [2.75, 3.05) is 6.54 Å². The van der Waals surface area contributed by atoms with Crippen LogP contribution in [0.2, 0.25) is 0 Å². The van der Waals surface area contributed by atoms with Gasteiger partial charge in [-0.2, -0.15) is 0 Å². The van der Waals surface area contributed by atoms with Crippen LogP contribution in [-0.2, 0) is 0 Å². The number of allylic oxidation sites excluding steroid dienone is 1. The Morgan fingerprint density at radius 3 is 2.67 bits per heavy atom. The lowest BCUT2D eigenvalue weighted by atomic mass is 9.82. The summed E-state index contributed by atoms with van der Waals surface area (Å²) >= 11 is 0. The molecule has 0 amide bonds. The van der Waals surface area contributed by atoms with E-state index in [1.807, 2.05) is 6.21 Å². The van der Waals surface area contributed by atoms with E-state index in [0.717, 1.165) is 12.5 Å². The molecular weight excluding hydrogens is 146 g/mol. The van der Waals surface area contributed by atoms with Crippen molar-refractivity contribution in [2.24, 2.45) is 10.9 Å². The molecule has 0 bridgehead atoms. The fraction of sp³-hybridized carbons (Fsp3) is 0.727. The summed E-state index contributed by atoms with van der Waals surface area (Å²) in [7, 11) is 0. The van der Waals surface area contributed by atoms with Crippen LogP contribution in [0.1, 0.15) is 38.5 Å². The fourth-order valence-corrected chi connectivity index (χ4v) is 2.31. The maximum Gasteiger partial charge on any atom is 0.0426 e. The summed E-state index contributed by atoms with van der Waals surface area (Å²) in [5.74, 6) is 0.908. The molecule has 0 atom stereocenters. The van der Waals surface area contributed by atoms with Crippen LogP contribution in [0.25, 0.3) is 0 Å². The first-order valence-corrected chi connectivity index (χ1v) is 5.16. The number of dihydropyridines is 1. The van der Waals surface area contributed by atoms with E-state index in [2.05, 4.69) is 11.1 Å². The van der Waals surface area contributed by atoms with Crippen molar-refractivity contribution in [3.63, 3.8) is 0 Å². The molecule has 0 aromatic rings. The molecule has 0 N–H and O–H groups in total. The molecular formula is C11H17N. The van der Waals surface area contributed by atoms with Crippen molar-refractivity contribution in [1.82, 2.24) is 0 Å². The van der Waals surface area contributed by atoms with Crippen LogP contribution < -0.4 is 0 Å². The second-order valence-corrected chi connectivity index (χ2v) is 3.88. The van der Waals surface area contributed by atoms with Crippen molar-refractivity contribution in [1.29, 1.82) is 0 Å². The molecule has 1 aliphatic carbocycles. The third-order valence-electron chi connectivity index (χ3n) is 3.05. The normalized spacial score (nSPS) is 25.5. The Balaban J connectivity index is 1.97.